The molecule has 186 valence electrons. The number of carboxylic acids is 1. The van der Waals surface area contributed by atoms with Crippen LogP contribution in [0.25, 0.3) is 11.3 Å². The molecule has 1 saturated carbocycles. The third-order valence-electron chi connectivity index (χ3n) is 6.68. The number of hydrogen-bond donors (Lipinski definition) is 1. The SMILES string of the molecule is C[C@H]1CC[C@H](Oc2ccc(-c3csc(N(Cc4ccc(C(=O)O)cc4)Cc4cccs4)n3)cc2)CC1. The zero-order valence-corrected chi connectivity index (χ0v) is 21.9. The molecule has 1 fully saturated rings. The van der Waals surface area contributed by atoms with Gasteiger partial charge >= 0.3 is 5.97 Å². The average Bonchev–Trinajstić information content (AvgIpc) is 3.59. The number of carbonyl (C=O) groups is 1. The Morgan fingerprint density at radius 2 is 1.75 bits per heavy atom. The summed E-state index contributed by atoms with van der Waals surface area (Å²) >= 11 is 3.35. The number of hydrogen-bond acceptors (Lipinski definition) is 6. The smallest absolute Gasteiger partial charge is 0.335 e. The normalized spacial score (nSPS) is 17.6. The first-order valence-corrected chi connectivity index (χ1v) is 14.1. The molecule has 0 unspecified atom stereocenters. The fraction of sp³-hybridized carbons (Fsp3) is 0.310. The maximum Gasteiger partial charge on any atom is 0.335 e. The number of thiophene rings is 1. The first-order valence-electron chi connectivity index (χ1n) is 12.4. The zero-order valence-electron chi connectivity index (χ0n) is 20.3. The van der Waals surface area contributed by atoms with Gasteiger partial charge in [0.05, 0.1) is 23.9 Å². The largest absolute Gasteiger partial charge is 0.490 e. The molecule has 0 aliphatic heterocycles. The Kier molecular flexibility index (Phi) is 7.68. The molecule has 0 spiro atoms. The van der Waals surface area contributed by atoms with Crippen LogP contribution in [-0.4, -0.2) is 22.2 Å². The number of aromatic carboxylic acids is 1. The molecule has 1 aliphatic carbocycles. The van der Waals surface area contributed by atoms with Crippen molar-refractivity contribution in [2.75, 3.05) is 4.90 Å². The van der Waals surface area contributed by atoms with E-state index in [1.165, 1.54) is 17.7 Å². The molecule has 5 rings (SSSR count). The molecule has 1 aliphatic rings. The lowest BCUT2D eigenvalue weighted by Crippen LogP contribution is -2.22. The fourth-order valence-corrected chi connectivity index (χ4v) is 6.10. The molecular weight excluding hydrogens is 488 g/mol. The summed E-state index contributed by atoms with van der Waals surface area (Å²) < 4.78 is 6.22. The molecule has 0 bridgehead atoms. The van der Waals surface area contributed by atoms with E-state index >= 15 is 0 Å². The van der Waals surface area contributed by atoms with Crippen LogP contribution in [0, 0.1) is 5.92 Å². The predicted molar refractivity (Wildman–Crippen MR) is 147 cm³/mol. The molecule has 0 amide bonds. The Morgan fingerprint density at radius 1 is 1.00 bits per heavy atom. The highest BCUT2D eigenvalue weighted by molar-refractivity contribution is 7.14. The number of aromatic nitrogens is 1. The van der Waals surface area contributed by atoms with Crippen LogP contribution < -0.4 is 9.64 Å². The van der Waals surface area contributed by atoms with Gasteiger partial charge < -0.3 is 14.7 Å². The molecule has 1 N–H and O–H groups in total. The lowest BCUT2D eigenvalue weighted by atomic mass is 9.89. The molecule has 5 nitrogen and oxygen atoms in total. The van der Waals surface area contributed by atoms with Crippen molar-refractivity contribution in [3.05, 3.63) is 87.4 Å². The summed E-state index contributed by atoms with van der Waals surface area (Å²) in [5.74, 6) is 0.832. The molecule has 2 heterocycles. The standard InChI is InChI=1S/C29H30N2O3S2/c1-20-4-12-24(13-5-20)34-25-14-10-22(11-15-25)27-19-36-29(30-27)31(18-26-3-2-16-35-26)17-21-6-8-23(9-7-21)28(32)33/h2-3,6-11,14-16,19-20,24H,4-5,12-13,17-18H2,1H3,(H,32,33)/t20-,24-. The van der Waals surface area contributed by atoms with Crippen molar-refractivity contribution in [2.24, 2.45) is 5.92 Å². The van der Waals surface area contributed by atoms with E-state index in [0.717, 1.165) is 53.0 Å². The summed E-state index contributed by atoms with van der Waals surface area (Å²) in [5.41, 5.74) is 3.37. The van der Waals surface area contributed by atoms with Crippen LogP contribution in [0.3, 0.4) is 0 Å². The van der Waals surface area contributed by atoms with Gasteiger partial charge in [0.25, 0.3) is 0 Å². The van der Waals surface area contributed by atoms with Crippen LogP contribution in [0.1, 0.15) is 53.4 Å². The van der Waals surface area contributed by atoms with Crippen molar-refractivity contribution < 1.29 is 14.6 Å². The number of benzene rings is 2. The van der Waals surface area contributed by atoms with Crippen molar-refractivity contribution in [3.8, 4) is 17.0 Å². The van der Waals surface area contributed by atoms with Crippen molar-refractivity contribution in [1.82, 2.24) is 4.98 Å². The summed E-state index contributed by atoms with van der Waals surface area (Å²) in [6, 6.07) is 19.6. The van der Waals surface area contributed by atoms with Gasteiger partial charge in [-0.25, -0.2) is 9.78 Å². The summed E-state index contributed by atoms with van der Waals surface area (Å²) in [7, 11) is 0. The molecule has 0 saturated heterocycles. The minimum atomic E-state index is -0.911. The first-order chi connectivity index (χ1) is 17.5. The monoisotopic (exact) mass is 518 g/mol. The minimum absolute atomic E-state index is 0.297. The molecule has 0 atom stereocenters. The molecule has 7 heteroatoms. The number of carboxylic acid groups (broad SMARTS) is 1. The second kappa shape index (κ2) is 11.3. The van der Waals surface area contributed by atoms with E-state index in [1.54, 1.807) is 34.8 Å². The number of rotatable bonds is 9. The van der Waals surface area contributed by atoms with Gasteiger partial charge in [-0.1, -0.05) is 25.1 Å². The van der Waals surface area contributed by atoms with Gasteiger partial charge in [0.1, 0.15) is 5.75 Å². The van der Waals surface area contributed by atoms with E-state index < -0.39 is 5.97 Å². The average molecular weight is 519 g/mol. The van der Waals surface area contributed by atoms with E-state index in [2.05, 4.69) is 59.0 Å². The molecule has 2 aromatic carbocycles. The van der Waals surface area contributed by atoms with Gasteiger partial charge in [-0.2, -0.15) is 0 Å². The van der Waals surface area contributed by atoms with Gasteiger partial charge in [-0.15, -0.1) is 22.7 Å². The van der Waals surface area contributed by atoms with Crippen LogP contribution in [0.2, 0.25) is 0 Å². The fourth-order valence-electron chi connectivity index (χ4n) is 4.54. The van der Waals surface area contributed by atoms with Gasteiger partial charge in [0.15, 0.2) is 5.13 Å². The molecule has 36 heavy (non-hydrogen) atoms. The van der Waals surface area contributed by atoms with Crippen molar-refractivity contribution in [3.63, 3.8) is 0 Å². The highest BCUT2D eigenvalue weighted by Crippen LogP contribution is 2.32. The van der Waals surface area contributed by atoms with Crippen LogP contribution in [0.5, 0.6) is 5.75 Å². The third-order valence-corrected chi connectivity index (χ3v) is 8.44. The molecule has 2 aromatic heterocycles. The van der Waals surface area contributed by atoms with E-state index in [0.29, 0.717) is 18.2 Å². The lowest BCUT2D eigenvalue weighted by molar-refractivity contribution is 0.0697. The number of ether oxygens (including phenoxy) is 1. The zero-order chi connectivity index (χ0) is 24.9. The number of thiazole rings is 1. The van der Waals surface area contributed by atoms with Gasteiger partial charge in [-0.3, -0.25) is 0 Å². The molecule has 4 aromatic rings. The van der Waals surface area contributed by atoms with E-state index in [-0.39, 0.29) is 0 Å². The summed E-state index contributed by atoms with van der Waals surface area (Å²) in [6.07, 6.45) is 5.09. The van der Waals surface area contributed by atoms with E-state index in [1.807, 2.05) is 12.1 Å². The van der Waals surface area contributed by atoms with Crippen LogP contribution >= 0.6 is 22.7 Å². The quantitative estimate of drug-likeness (QED) is 0.246. The van der Waals surface area contributed by atoms with Gasteiger partial charge in [0, 0.05) is 22.4 Å². The highest BCUT2D eigenvalue weighted by Gasteiger charge is 2.20. The van der Waals surface area contributed by atoms with Gasteiger partial charge in [-0.05, 0) is 85.0 Å². The van der Waals surface area contributed by atoms with Crippen molar-refractivity contribution >= 4 is 33.8 Å². The molecular formula is C29H30N2O3S2. The Morgan fingerprint density at radius 3 is 2.42 bits per heavy atom. The topological polar surface area (TPSA) is 62.7 Å². The second-order valence-corrected chi connectivity index (χ2v) is 11.3. The minimum Gasteiger partial charge on any atom is -0.490 e. The Hall–Kier alpha value is -3.16. The second-order valence-electron chi connectivity index (χ2n) is 9.48. The summed E-state index contributed by atoms with van der Waals surface area (Å²) in [6.45, 7) is 3.72. The van der Waals surface area contributed by atoms with Gasteiger partial charge in [0.2, 0.25) is 0 Å². The van der Waals surface area contributed by atoms with E-state index in [9.17, 15) is 9.90 Å². The highest BCUT2D eigenvalue weighted by atomic mass is 32.1. The predicted octanol–water partition coefficient (Wildman–Crippen LogP) is 7.73. The molecule has 0 radical (unpaired) electrons. The van der Waals surface area contributed by atoms with Crippen molar-refractivity contribution in [1.29, 1.82) is 0 Å². The number of anilines is 1. The summed E-state index contributed by atoms with van der Waals surface area (Å²) in [4.78, 5) is 19.7. The van der Waals surface area contributed by atoms with Crippen LogP contribution in [0.15, 0.2) is 71.4 Å². The maximum atomic E-state index is 11.2. The van der Waals surface area contributed by atoms with E-state index in [4.69, 9.17) is 9.72 Å². The Labute approximate surface area is 220 Å². The first kappa shape index (κ1) is 24.5. The Bertz CT molecular complexity index is 1260. The summed E-state index contributed by atoms with van der Waals surface area (Å²) in [5, 5.41) is 14.3. The maximum absolute atomic E-state index is 11.2. The van der Waals surface area contributed by atoms with Crippen LogP contribution in [-0.2, 0) is 13.1 Å². The van der Waals surface area contributed by atoms with Crippen molar-refractivity contribution in [2.45, 2.75) is 51.8 Å². The Balaban J connectivity index is 1.30. The van der Waals surface area contributed by atoms with Crippen LogP contribution in [0.4, 0.5) is 5.13 Å². The lowest BCUT2D eigenvalue weighted by Gasteiger charge is -2.26. The number of nitrogens with zero attached hydrogens (tertiary/aromatic N) is 2. The third kappa shape index (κ3) is 6.15.